The minimum absolute atomic E-state index is 0.0994. The number of hydrogen-bond acceptors (Lipinski definition) is 2. The summed E-state index contributed by atoms with van der Waals surface area (Å²) >= 11 is 0. The van der Waals surface area contributed by atoms with E-state index in [1.54, 1.807) is 5.01 Å². The van der Waals surface area contributed by atoms with Crippen molar-refractivity contribution in [1.29, 1.82) is 0 Å². The summed E-state index contributed by atoms with van der Waals surface area (Å²) in [6.45, 7) is 0. The Morgan fingerprint density at radius 1 is 0.800 bits per heavy atom. The Labute approximate surface area is 145 Å². The van der Waals surface area contributed by atoms with Crippen molar-refractivity contribution in [3.05, 3.63) is 102 Å². The van der Waals surface area contributed by atoms with Crippen LogP contribution in [0.2, 0.25) is 0 Å². The highest BCUT2D eigenvalue weighted by Gasteiger charge is 2.30. The van der Waals surface area contributed by atoms with Crippen LogP contribution in [0.1, 0.15) is 23.6 Å². The lowest BCUT2D eigenvalue weighted by atomic mass is 9.98. The van der Waals surface area contributed by atoms with E-state index in [1.807, 2.05) is 60.7 Å². The van der Waals surface area contributed by atoms with Crippen molar-refractivity contribution in [2.75, 3.05) is 5.01 Å². The summed E-state index contributed by atoms with van der Waals surface area (Å²) in [7, 11) is 0. The number of anilines is 1. The van der Waals surface area contributed by atoms with Crippen molar-refractivity contribution in [1.82, 2.24) is 0 Å². The second-order valence-electron chi connectivity index (χ2n) is 6.02. The Morgan fingerprint density at radius 2 is 1.40 bits per heavy atom. The molecule has 2 nitrogen and oxygen atoms in total. The summed E-state index contributed by atoms with van der Waals surface area (Å²) in [4.78, 5) is 0. The first-order valence-corrected chi connectivity index (χ1v) is 8.14. The number of halogens is 2. The standard InChI is InChI=1S/C21H16F2N2/c22-17-11-18(23)13-19(12-17)25-21(16-9-5-2-6-10-16)14-20(24-25)15-7-3-1-4-8-15/h1-13,21H,14H2/t21-/m0/s1. The maximum absolute atomic E-state index is 13.7. The first kappa shape index (κ1) is 15.5. The summed E-state index contributed by atoms with van der Waals surface area (Å²) in [6, 6.07) is 23.2. The van der Waals surface area contributed by atoms with Gasteiger partial charge in [-0.2, -0.15) is 5.10 Å². The molecule has 0 aromatic heterocycles. The monoisotopic (exact) mass is 334 g/mol. The van der Waals surface area contributed by atoms with Crippen LogP contribution in [-0.2, 0) is 0 Å². The molecule has 1 heterocycles. The Hall–Kier alpha value is -3.01. The molecule has 0 unspecified atom stereocenters. The predicted molar refractivity (Wildman–Crippen MR) is 95.6 cm³/mol. The smallest absolute Gasteiger partial charge is 0.128 e. The first-order chi connectivity index (χ1) is 12.2. The van der Waals surface area contributed by atoms with Crippen LogP contribution in [0, 0.1) is 11.6 Å². The maximum atomic E-state index is 13.7. The summed E-state index contributed by atoms with van der Waals surface area (Å²) in [5.41, 5.74) is 3.39. The molecular formula is C21H16F2N2. The molecule has 4 rings (SSSR count). The normalized spacial score (nSPS) is 16.8. The van der Waals surface area contributed by atoms with Crippen molar-refractivity contribution in [2.45, 2.75) is 12.5 Å². The van der Waals surface area contributed by atoms with Crippen LogP contribution < -0.4 is 5.01 Å². The van der Waals surface area contributed by atoms with Crippen LogP contribution in [0.3, 0.4) is 0 Å². The van der Waals surface area contributed by atoms with Gasteiger partial charge in [0.05, 0.1) is 17.4 Å². The molecule has 1 aliphatic rings. The van der Waals surface area contributed by atoms with Gasteiger partial charge in [-0.15, -0.1) is 0 Å². The van der Waals surface area contributed by atoms with Crippen molar-refractivity contribution >= 4 is 11.4 Å². The second-order valence-corrected chi connectivity index (χ2v) is 6.02. The summed E-state index contributed by atoms with van der Waals surface area (Å²) in [5, 5.41) is 6.40. The van der Waals surface area contributed by atoms with Crippen molar-refractivity contribution in [3.63, 3.8) is 0 Å². The molecule has 0 aliphatic carbocycles. The second kappa shape index (κ2) is 6.48. The first-order valence-electron chi connectivity index (χ1n) is 8.14. The number of benzene rings is 3. The molecule has 0 amide bonds. The molecule has 0 fully saturated rings. The van der Waals surface area contributed by atoms with Crippen molar-refractivity contribution in [3.8, 4) is 0 Å². The lowest BCUT2D eigenvalue weighted by molar-refractivity contribution is 0.580. The van der Waals surface area contributed by atoms with Gasteiger partial charge in [0.1, 0.15) is 11.6 Å². The van der Waals surface area contributed by atoms with Crippen molar-refractivity contribution in [2.24, 2.45) is 5.10 Å². The lowest BCUT2D eigenvalue weighted by Crippen LogP contribution is -2.18. The van der Waals surface area contributed by atoms with E-state index in [4.69, 9.17) is 0 Å². The van der Waals surface area contributed by atoms with E-state index in [9.17, 15) is 8.78 Å². The Bertz CT molecular complexity index is 887. The molecule has 0 radical (unpaired) electrons. The average molecular weight is 334 g/mol. The molecule has 3 aromatic carbocycles. The van der Waals surface area contributed by atoms with Crippen LogP contribution >= 0.6 is 0 Å². The Kier molecular flexibility index (Phi) is 4.02. The number of rotatable bonds is 3. The van der Waals surface area contributed by atoms with E-state index in [-0.39, 0.29) is 6.04 Å². The topological polar surface area (TPSA) is 15.6 Å². The van der Waals surface area contributed by atoms with Crippen LogP contribution in [0.5, 0.6) is 0 Å². The molecule has 0 bridgehead atoms. The van der Waals surface area contributed by atoms with Crippen molar-refractivity contribution < 1.29 is 8.78 Å². The largest absolute Gasteiger partial charge is 0.257 e. The predicted octanol–water partition coefficient (Wildman–Crippen LogP) is 5.32. The highest BCUT2D eigenvalue weighted by Crippen LogP contribution is 2.37. The van der Waals surface area contributed by atoms with Crippen LogP contribution in [0.25, 0.3) is 0 Å². The van der Waals surface area contributed by atoms with Crippen LogP contribution in [-0.4, -0.2) is 5.71 Å². The van der Waals surface area contributed by atoms with E-state index in [0.717, 1.165) is 22.9 Å². The molecule has 1 atom stereocenters. The van der Waals surface area contributed by atoms with Gasteiger partial charge in [0.25, 0.3) is 0 Å². The van der Waals surface area contributed by atoms with Crippen LogP contribution in [0.4, 0.5) is 14.5 Å². The molecule has 0 spiro atoms. The molecule has 4 heteroatoms. The average Bonchev–Trinajstić information content (AvgIpc) is 3.08. The van der Waals surface area contributed by atoms with Gasteiger partial charge < -0.3 is 0 Å². The van der Waals surface area contributed by atoms with Gasteiger partial charge in [-0.3, -0.25) is 5.01 Å². The Morgan fingerprint density at radius 3 is 2.04 bits per heavy atom. The molecule has 124 valence electrons. The fraction of sp³-hybridized carbons (Fsp3) is 0.0952. The van der Waals surface area contributed by atoms with Gasteiger partial charge in [-0.05, 0) is 23.3 Å². The van der Waals surface area contributed by atoms with E-state index in [1.165, 1.54) is 12.1 Å². The minimum atomic E-state index is -0.606. The fourth-order valence-electron chi connectivity index (χ4n) is 3.16. The lowest BCUT2D eigenvalue weighted by Gasteiger charge is -2.24. The SMILES string of the molecule is Fc1cc(F)cc(N2N=C(c3ccccc3)C[C@H]2c2ccccc2)c1. The van der Waals surface area contributed by atoms with E-state index in [0.29, 0.717) is 12.1 Å². The third kappa shape index (κ3) is 3.15. The maximum Gasteiger partial charge on any atom is 0.128 e. The van der Waals surface area contributed by atoms with E-state index in [2.05, 4.69) is 5.10 Å². The van der Waals surface area contributed by atoms with Crippen LogP contribution in [0.15, 0.2) is 84.0 Å². The molecule has 3 aromatic rings. The van der Waals surface area contributed by atoms with Gasteiger partial charge >= 0.3 is 0 Å². The van der Waals surface area contributed by atoms with E-state index >= 15 is 0 Å². The summed E-state index contributed by atoms with van der Waals surface area (Å²) in [5.74, 6) is -1.21. The van der Waals surface area contributed by atoms with Gasteiger partial charge in [0.2, 0.25) is 0 Å². The Balaban J connectivity index is 1.79. The quantitative estimate of drug-likeness (QED) is 0.633. The van der Waals surface area contributed by atoms with Gasteiger partial charge in [-0.25, -0.2) is 8.78 Å². The summed E-state index contributed by atoms with van der Waals surface area (Å²) < 4.78 is 27.4. The third-order valence-corrected chi connectivity index (χ3v) is 4.31. The number of nitrogens with zero attached hydrogens (tertiary/aromatic N) is 2. The molecule has 1 aliphatic heterocycles. The fourth-order valence-corrected chi connectivity index (χ4v) is 3.16. The summed E-state index contributed by atoms with van der Waals surface area (Å²) in [6.07, 6.45) is 0.673. The molecular weight excluding hydrogens is 318 g/mol. The highest BCUT2D eigenvalue weighted by molar-refractivity contribution is 6.03. The number of hydrazone groups is 1. The van der Waals surface area contributed by atoms with Gasteiger partial charge in [-0.1, -0.05) is 60.7 Å². The zero-order valence-corrected chi connectivity index (χ0v) is 13.4. The molecule has 0 saturated heterocycles. The zero-order chi connectivity index (χ0) is 17.2. The third-order valence-electron chi connectivity index (χ3n) is 4.31. The van der Waals surface area contributed by atoms with Gasteiger partial charge in [0, 0.05) is 12.5 Å². The van der Waals surface area contributed by atoms with E-state index < -0.39 is 11.6 Å². The highest BCUT2D eigenvalue weighted by atomic mass is 19.1. The zero-order valence-electron chi connectivity index (χ0n) is 13.4. The molecule has 0 N–H and O–H groups in total. The van der Waals surface area contributed by atoms with Gasteiger partial charge in [0.15, 0.2) is 0 Å². The number of hydrogen-bond donors (Lipinski definition) is 0. The minimum Gasteiger partial charge on any atom is -0.257 e. The molecule has 25 heavy (non-hydrogen) atoms. The molecule has 0 saturated carbocycles.